The van der Waals surface area contributed by atoms with Crippen molar-refractivity contribution in [1.29, 1.82) is 0 Å². The fourth-order valence-electron chi connectivity index (χ4n) is 0.949. The largest absolute Gasteiger partial charge is 0.340 e. The summed E-state index contributed by atoms with van der Waals surface area (Å²) in [6.07, 6.45) is 0. The topological polar surface area (TPSA) is 75.3 Å². The molecule has 0 bridgehead atoms. The standard InChI is InChI=1S/C9H12N2O3S/c1-7-3-5-8(6-4-7)15(13,14)11-9(12)10-2/h3-6H,1-2H3,(H2,10,11,12). The summed E-state index contributed by atoms with van der Waals surface area (Å²) < 4.78 is 24.9. The van der Waals surface area contributed by atoms with Crippen LogP contribution in [0.25, 0.3) is 0 Å². The van der Waals surface area contributed by atoms with Gasteiger partial charge in [-0.1, -0.05) is 17.7 Å². The Morgan fingerprint density at radius 1 is 1.20 bits per heavy atom. The molecule has 6 heteroatoms. The third-order valence-electron chi connectivity index (χ3n) is 1.79. The molecule has 0 aliphatic carbocycles. The van der Waals surface area contributed by atoms with Crippen molar-refractivity contribution in [3.63, 3.8) is 0 Å². The number of nitrogens with one attached hydrogen (secondary N) is 2. The Kier molecular flexibility index (Phi) is 3.31. The minimum atomic E-state index is -3.75. The van der Waals surface area contributed by atoms with Gasteiger partial charge in [0.25, 0.3) is 10.0 Å². The SMILES string of the molecule is CNC(=O)NS(=O)(=O)c1ccc(C)cc1. The van der Waals surface area contributed by atoms with E-state index < -0.39 is 16.1 Å². The van der Waals surface area contributed by atoms with E-state index in [1.165, 1.54) is 19.2 Å². The van der Waals surface area contributed by atoms with Crippen LogP contribution < -0.4 is 10.0 Å². The summed E-state index contributed by atoms with van der Waals surface area (Å²) in [5.74, 6) is 0. The van der Waals surface area contributed by atoms with Crippen molar-refractivity contribution in [2.45, 2.75) is 11.8 Å². The summed E-state index contributed by atoms with van der Waals surface area (Å²) in [7, 11) is -2.40. The Morgan fingerprint density at radius 3 is 2.20 bits per heavy atom. The van der Waals surface area contributed by atoms with E-state index >= 15 is 0 Å². The summed E-state index contributed by atoms with van der Waals surface area (Å²) in [4.78, 5) is 10.9. The first kappa shape index (κ1) is 11.5. The first-order valence-corrected chi connectivity index (χ1v) is 5.75. The number of carbonyl (C=O) groups excluding carboxylic acids is 1. The molecule has 0 radical (unpaired) electrons. The number of rotatable bonds is 2. The molecule has 15 heavy (non-hydrogen) atoms. The van der Waals surface area contributed by atoms with Gasteiger partial charge in [-0.25, -0.2) is 17.9 Å². The summed E-state index contributed by atoms with van der Waals surface area (Å²) in [5, 5.41) is 2.17. The van der Waals surface area contributed by atoms with E-state index in [0.29, 0.717) is 0 Å². The molecule has 0 fully saturated rings. The molecule has 2 N–H and O–H groups in total. The second-order valence-electron chi connectivity index (χ2n) is 3.00. The minimum absolute atomic E-state index is 0.0664. The highest BCUT2D eigenvalue weighted by molar-refractivity contribution is 7.90. The van der Waals surface area contributed by atoms with Gasteiger partial charge in [-0.05, 0) is 19.1 Å². The van der Waals surface area contributed by atoms with Crippen molar-refractivity contribution >= 4 is 16.1 Å². The average Bonchev–Trinajstić information content (AvgIpc) is 2.17. The zero-order chi connectivity index (χ0) is 11.5. The van der Waals surface area contributed by atoms with Crippen LogP contribution in [0.15, 0.2) is 29.2 Å². The predicted octanol–water partition coefficient (Wildman–Crippen LogP) is 0.613. The molecule has 82 valence electrons. The van der Waals surface area contributed by atoms with Gasteiger partial charge >= 0.3 is 6.03 Å². The fraction of sp³-hybridized carbons (Fsp3) is 0.222. The maximum Gasteiger partial charge on any atom is 0.328 e. The van der Waals surface area contributed by atoms with E-state index in [-0.39, 0.29) is 4.90 Å². The van der Waals surface area contributed by atoms with Gasteiger partial charge in [-0.3, -0.25) is 0 Å². The smallest absolute Gasteiger partial charge is 0.328 e. The summed E-state index contributed by atoms with van der Waals surface area (Å²) in [5.41, 5.74) is 0.953. The van der Waals surface area contributed by atoms with Crippen molar-refractivity contribution < 1.29 is 13.2 Å². The third-order valence-corrected chi connectivity index (χ3v) is 3.13. The fourth-order valence-corrected chi connectivity index (χ4v) is 1.91. The van der Waals surface area contributed by atoms with Crippen LogP contribution >= 0.6 is 0 Å². The maximum atomic E-state index is 11.5. The molecule has 0 saturated heterocycles. The van der Waals surface area contributed by atoms with Gasteiger partial charge in [0.05, 0.1) is 4.90 Å². The van der Waals surface area contributed by atoms with E-state index in [2.05, 4.69) is 5.32 Å². The molecular weight excluding hydrogens is 216 g/mol. The highest BCUT2D eigenvalue weighted by Gasteiger charge is 2.15. The van der Waals surface area contributed by atoms with Crippen molar-refractivity contribution in [3.05, 3.63) is 29.8 Å². The number of carbonyl (C=O) groups is 1. The number of hydrogen-bond donors (Lipinski definition) is 2. The zero-order valence-electron chi connectivity index (χ0n) is 8.44. The monoisotopic (exact) mass is 228 g/mol. The molecular formula is C9H12N2O3S. The summed E-state index contributed by atoms with van der Waals surface area (Å²) in [6.45, 7) is 1.85. The summed E-state index contributed by atoms with van der Waals surface area (Å²) >= 11 is 0. The number of benzene rings is 1. The second-order valence-corrected chi connectivity index (χ2v) is 4.68. The van der Waals surface area contributed by atoms with Crippen LogP contribution in [0, 0.1) is 6.92 Å². The molecule has 0 spiro atoms. The first-order chi connectivity index (χ1) is 6.95. The second kappa shape index (κ2) is 4.31. The number of aryl methyl sites for hydroxylation is 1. The van der Waals surface area contributed by atoms with E-state index in [0.717, 1.165) is 5.56 Å². The Bertz CT molecular complexity index is 451. The van der Waals surface area contributed by atoms with E-state index in [1.807, 2.05) is 11.6 Å². The van der Waals surface area contributed by atoms with Crippen LogP contribution in [0.2, 0.25) is 0 Å². The van der Waals surface area contributed by atoms with Gasteiger partial charge in [0.2, 0.25) is 0 Å². The lowest BCUT2D eigenvalue weighted by Crippen LogP contribution is -2.37. The lowest BCUT2D eigenvalue weighted by molar-refractivity contribution is 0.248. The van der Waals surface area contributed by atoms with Crippen molar-refractivity contribution in [2.75, 3.05) is 7.05 Å². The van der Waals surface area contributed by atoms with Crippen molar-refractivity contribution in [2.24, 2.45) is 0 Å². The van der Waals surface area contributed by atoms with Crippen molar-refractivity contribution in [3.8, 4) is 0 Å². The van der Waals surface area contributed by atoms with E-state index in [1.54, 1.807) is 12.1 Å². The van der Waals surface area contributed by atoms with Crippen LogP contribution in [-0.4, -0.2) is 21.5 Å². The molecule has 0 atom stereocenters. The minimum Gasteiger partial charge on any atom is -0.340 e. The highest BCUT2D eigenvalue weighted by Crippen LogP contribution is 2.09. The van der Waals surface area contributed by atoms with Gasteiger partial charge in [0.1, 0.15) is 0 Å². The number of sulfonamides is 1. The molecule has 2 amide bonds. The molecule has 1 aromatic carbocycles. The molecule has 0 unspecified atom stereocenters. The van der Waals surface area contributed by atoms with Crippen LogP contribution in [-0.2, 0) is 10.0 Å². The van der Waals surface area contributed by atoms with Gasteiger partial charge in [-0.2, -0.15) is 0 Å². The number of amides is 2. The number of hydrogen-bond acceptors (Lipinski definition) is 3. The zero-order valence-corrected chi connectivity index (χ0v) is 9.26. The molecule has 0 aromatic heterocycles. The predicted molar refractivity (Wildman–Crippen MR) is 56.0 cm³/mol. The van der Waals surface area contributed by atoms with Gasteiger partial charge in [0.15, 0.2) is 0 Å². The molecule has 0 aliphatic rings. The van der Waals surface area contributed by atoms with Crippen LogP contribution in [0.4, 0.5) is 4.79 Å². The first-order valence-electron chi connectivity index (χ1n) is 4.27. The van der Waals surface area contributed by atoms with Crippen molar-refractivity contribution in [1.82, 2.24) is 10.0 Å². The quantitative estimate of drug-likeness (QED) is 0.778. The van der Waals surface area contributed by atoms with E-state index in [9.17, 15) is 13.2 Å². The number of urea groups is 1. The Balaban J connectivity index is 2.96. The maximum absolute atomic E-state index is 11.5. The molecule has 0 saturated carbocycles. The lowest BCUT2D eigenvalue weighted by atomic mass is 10.2. The molecule has 0 heterocycles. The Labute approximate surface area is 88.5 Å². The molecule has 1 rings (SSSR count). The van der Waals surface area contributed by atoms with Crippen LogP contribution in [0.3, 0.4) is 0 Å². The highest BCUT2D eigenvalue weighted by atomic mass is 32.2. The van der Waals surface area contributed by atoms with Gasteiger partial charge in [0, 0.05) is 7.05 Å². The molecule has 1 aromatic rings. The molecule has 5 nitrogen and oxygen atoms in total. The Hall–Kier alpha value is -1.56. The Morgan fingerprint density at radius 2 is 1.73 bits per heavy atom. The van der Waals surface area contributed by atoms with Gasteiger partial charge < -0.3 is 5.32 Å². The third kappa shape index (κ3) is 2.95. The van der Waals surface area contributed by atoms with E-state index in [4.69, 9.17) is 0 Å². The average molecular weight is 228 g/mol. The summed E-state index contributed by atoms with van der Waals surface area (Å²) in [6, 6.07) is 5.47. The lowest BCUT2D eigenvalue weighted by Gasteiger charge is -2.05. The van der Waals surface area contributed by atoms with Gasteiger partial charge in [-0.15, -0.1) is 0 Å². The normalized spacial score (nSPS) is 10.8. The van der Waals surface area contributed by atoms with Crippen LogP contribution in [0.5, 0.6) is 0 Å². The van der Waals surface area contributed by atoms with Crippen LogP contribution in [0.1, 0.15) is 5.56 Å². The molecule has 0 aliphatic heterocycles.